The second-order valence-electron chi connectivity index (χ2n) is 14.9. The standard InChI is InChI=1S/C56H42N2S/c1-37(41-17-7-5-8-18-41)31-38(2)43-21-13-22-44(33-43)39(3)32-40(4)56-57-53(55-54(58-56)51-29-11-12-30-52(51)59-55)50-28-16-27-49(36-50)48-26-15-25-47(35-48)46-24-14-23-45(34-46)42-19-9-6-10-20-42/h5-36H,1,4H2,2-3H3. The molecular formula is C56H42N2S. The third-order valence-electron chi connectivity index (χ3n) is 10.8. The van der Waals surface area contributed by atoms with Gasteiger partial charge in [0.2, 0.25) is 0 Å². The molecular weight excluding hydrogens is 733 g/mol. The zero-order valence-electron chi connectivity index (χ0n) is 33.2. The van der Waals surface area contributed by atoms with E-state index in [1.54, 1.807) is 11.3 Å². The summed E-state index contributed by atoms with van der Waals surface area (Å²) in [6, 6.07) is 64.2. The Kier molecular flexibility index (Phi) is 10.4. The van der Waals surface area contributed by atoms with Crippen LogP contribution in [-0.4, -0.2) is 9.97 Å². The molecule has 0 amide bonds. The summed E-state index contributed by atoms with van der Waals surface area (Å²) in [6.45, 7) is 13.1. The number of benzene rings is 7. The highest BCUT2D eigenvalue weighted by atomic mass is 32.1. The van der Waals surface area contributed by atoms with Gasteiger partial charge in [-0.25, -0.2) is 9.97 Å². The van der Waals surface area contributed by atoms with Gasteiger partial charge in [0.05, 0.1) is 15.9 Å². The summed E-state index contributed by atoms with van der Waals surface area (Å²) in [5.41, 5.74) is 17.3. The summed E-state index contributed by atoms with van der Waals surface area (Å²) in [5, 5.41) is 1.12. The summed E-state index contributed by atoms with van der Waals surface area (Å²) in [7, 11) is 0. The van der Waals surface area contributed by atoms with Gasteiger partial charge in [0.1, 0.15) is 0 Å². The van der Waals surface area contributed by atoms with Crippen molar-refractivity contribution in [3.8, 4) is 44.6 Å². The quantitative estimate of drug-likeness (QED) is 0.129. The van der Waals surface area contributed by atoms with Gasteiger partial charge in [-0.3, -0.25) is 0 Å². The SMILES string of the molecule is C=C(C=C(C)c1cccc(C(C)=CC(=C)c2nc(-c3cccc(-c4cccc(-c5cccc(-c6ccccc6)c5)c4)c3)c3sc4ccccc4c3n2)c1)c1ccccc1. The van der Waals surface area contributed by atoms with E-state index in [0.29, 0.717) is 5.82 Å². The van der Waals surface area contributed by atoms with E-state index < -0.39 is 0 Å². The first-order valence-electron chi connectivity index (χ1n) is 19.8. The molecule has 0 spiro atoms. The summed E-state index contributed by atoms with van der Waals surface area (Å²) >= 11 is 1.74. The molecule has 9 aromatic rings. The van der Waals surface area contributed by atoms with Gasteiger partial charge in [-0.05, 0) is 117 Å². The maximum Gasteiger partial charge on any atom is 0.159 e. The van der Waals surface area contributed by atoms with Crippen molar-refractivity contribution in [2.75, 3.05) is 0 Å². The first-order valence-corrected chi connectivity index (χ1v) is 20.7. The lowest BCUT2D eigenvalue weighted by Gasteiger charge is -2.11. The van der Waals surface area contributed by atoms with E-state index in [1.165, 1.54) is 27.0 Å². The summed E-state index contributed by atoms with van der Waals surface area (Å²) in [4.78, 5) is 10.5. The summed E-state index contributed by atoms with van der Waals surface area (Å²) in [5.74, 6) is 0.618. The highest BCUT2D eigenvalue weighted by molar-refractivity contribution is 7.26. The normalized spacial score (nSPS) is 11.9. The number of allylic oxidation sites excluding steroid dienone is 6. The van der Waals surface area contributed by atoms with Gasteiger partial charge in [0, 0.05) is 21.2 Å². The first kappa shape index (κ1) is 37.4. The van der Waals surface area contributed by atoms with Crippen molar-refractivity contribution >= 4 is 53.9 Å². The molecule has 0 atom stereocenters. The molecule has 0 bridgehead atoms. The molecule has 282 valence electrons. The highest BCUT2D eigenvalue weighted by Gasteiger charge is 2.17. The molecule has 2 heterocycles. The van der Waals surface area contributed by atoms with E-state index in [1.807, 2.05) is 18.2 Å². The minimum atomic E-state index is 0.618. The van der Waals surface area contributed by atoms with Crippen LogP contribution in [-0.2, 0) is 0 Å². The number of thiophene rings is 1. The van der Waals surface area contributed by atoms with Gasteiger partial charge in [0.25, 0.3) is 0 Å². The van der Waals surface area contributed by atoms with Crippen molar-refractivity contribution in [3.05, 3.63) is 230 Å². The second-order valence-corrected chi connectivity index (χ2v) is 16.0. The van der Waals surface area contributed by atoms with Gasteiger partial charge in [-0.15, -0.1) is 11.3 Å². The lowest BCUT2D eigenvalue weighted by Crippen LogP contribution is -1.96. The largest absolute Gasteiger partial charge is 0.226 e. The number of fused-ring (bicyclic) bond motifs is 3. The Morgan fingerprint density at radius 3 is 1.53 bits per heavy atom. The van der Waals surface area contributed by atoms with Crippen LogP contribution in [0.3, 0.4) is 0 Å². The lowest BCUT2D eigenvalue weighted by molar-refractivity contribution is 1.18. The van der Waals surface area contributed by atoms with Crippen LogP contribution in [0.5, 0.6) is 0 Å². The Labute approximate surface area is 350 Å². The fourth-order valence-electron chi connectivity index (χ4n) is 7.66. The first-order chi connectivity index (χ1) is 28.9. The van der Waals surface area contributed by atoms with E-state index in [4.69, 9.17) is 9.97 Å². The van der Waals surface area contributed by atoms with Crippen LogP contribution >= 0.6 is 11.3 Å². The van der Waals surface area contributed by atoms with E-state index >= 15 is 0 Å². The van der Waals surface area contributed by atoms with Crippen LogP contribution < -0.4 is 0 Å². The van der Waals surface area contributed by atoms with E-state index in [9.17, 15) is 0 Å². The van der Waals surface area contributed by atoms with Gasteiger partial charge in [0.15, 0.2) is 5.82 Å². The van der Waals surface area contributed by atoms with E-state index in [0.717, 1.165) is 77.0 Å². The van der Waals surface area contributed by atoms with E-state index in [-0.39, 0.29) is 0 Å². The van der Waals surface area contributed by atoms with Crippen LogP contribution in [0, 0.1) is 0 Å². The van der Waals surface area contributed by atoms with Crippen molar-refractivity contribution in [1.29, 1.82) is 0 Å². The van der Waals surface area contributed by atoms with Gasteiger partial charge < -0.3 is 0 Å². The molecule has 0 aliphatic rings. The predicted molar refractivity (Wildman–Crippen MR) is 255 cm³/mol. The Hall–Kier alpha value is -7.20. The number of rotatable bonds is 10. The molecule has 3 heteroatoms. The average Bonchev–Trinajstić information content (AvgIpc) is 3.68. The topological polar surface area (TPSA) is 25.8 Å². The smallest absolute Gasteiger partial charge is 0.159 e. The van der Waals surface area contributed by atoms with Crippen molar-refractivity contribution < 1.29 is 0 Å². The number of hydrogen-bond donors (Lipinski definition) is 0. The molecule has 0 aliphatic carbocycles. The van der Waals surface area contributed by atoms with Crippen LogP contribution in [0.25, 0.3) is 87.2 Å². The van der Waals surface area contributed by atoms with E-state index in [2.05, 4.69) is 203 Å². The molecule has 0 saturated heterocycles. The van der Waals surface area contributed by atoms with Crippen molar-refractivity contribution in [2.24, 2.45) is 0 Å². The number of aromatic nitrogens is 2. The molecule has 7 aromatic carbocycles. The molecule has 2 nitrogen and oxygen atoms in total. The molecule has 0 radical (unpaired) electrons. The fraction of sp³-hybridized carbons (Fsp3) is 0.0357. The Balaban J connectivity index is 1.06. The summed E-state index contributed by atoms with van der Waals surface area (Å²) < 4.78 is 2.25. The van der Waals surface area contributed by atoms with Gasteiger partial charge >= 0.3 is 0 Å². The minimum Gasteiger partial charge on any atom is -0.226 e. The Bertz CT molecular complexity index is 3090. The average molecular weight is 775 g/mol. The lowest BCUT2D eigenvalue weighted by atomic mass is 9.95. The number of nitrogens with zero attached hydrogens (tertiary/aromatic N) is 2. The van der Waals surface area contributed by atoms with Crippen LogP contribution in [0.2, 0.25) is 0 Å². The number of hydrogen-bond acceptors (Lipinski definition) is 3. The monoisotopic (exact) mass is 774 g/mol. The molecule has 0 saturated carbocycles. The zero-order valence-corrected chi connectivity index (χ0v) is 34.0. The minimum absolute atomic E-state index is 0.618. The van der Waals surface area contributed by atoms with Crippen molar-refractivity contribution in [2.45, 2.75) is 13.8 Å². The highest BCUT2D eigenvalue weighted by Crippen LogP contribution is 2.40. The second kappa shape index (κ2) is 16.3. The maximum atomic E-state index is 5.30. The van der Waals surface area contributed by atoms with Crippen LogP contribution in [0.15, 0.2) is 207 Å². The molecule has 59 heavy (non-hydrogen) atoms. The van der Waals surface area contributed by atoms with Gasteiger partial charge in [-0.2, -0.15) is 0 Å². The van der Waals surface area contributed by atoms with Crippen molar-refractivity contribution in [3.63, 3.8) is 0 Å². The van der Waals surface area contributed by atoms with Crippen molar-refractivity contribution in [1.82, 2.24) is 9.97 Å². The Morgan fingerprint density at radius 2 is 0.898 bits per heavy atom. The fourth-order valence-corrected chi connectivity index (χ4v) is 8.82. The van der Waals surface area contributed by atoms with Gasteiger partial charge in [-0.1, -0.05) is 171 Å². The van der Waals surface area contributed by atoms with Crippen LogP contribution in [0.4, 0.5) is 0 Å². The zero-order chi connectivity index (χ0) is 40.3. The maximum absolute atomic E-state index is 5.30. The third-order valence-corrected chi connectivity index (χ3v) is 12.0. The molecule has 0 fully saturated rings. The molecule has 0 unspecified atom stereocenters. The predicted octanol–water partition coefficient (Wildman–Crippen LogP) is 15.7. The molecule has 2 aromatic heterocycles. The third kappa shape index (κ3) is 7.89. The summed E-state index contributed by atoms with van der Waals surface area (Å²) in [6.07, 6.45) is 4.26. The molecule has 9 rings (SSSR count). The molecule has 0 N–H and O–H groups in total. The Morgan fingerprint density at radius 1 is 0.441 bits per heavy atom. The van der Waals surface area contributed by atoms with Crippen LogP contribution in [0.1, 0.15) is 36.4 Å². The molecule has 0 aliphatic heterocycles.